The molecule has 5 unspecified atom stereocenters. The van der Waals surface area contributed by atoms with Gasteiger partial charge < -0.3 is 10.2 Å². The van der Waals surface area contributed by atoms with Crippen LogP contribution in [0.3, 0.4) is 0 Å². The number of carboxylic acids is 2. The van der Waals surface area contributed by atoms with E-state index in [1.807, 2.05) is 0 Å². The minimum atomic E-state index is -0.877. The molecule has 2 heterocycles. The number of carbonyl (C=O) groups excluding carboxylic acids is 1. The fourth-order valence-electron chi connectivity index (χ4n) is 5.31. The predicted molar refractivity (Wildman–Crippen MR) is 148 cm³/mol. The van der Waals surface area contributed by atoms with Gasteiger partial charge in [0.05, 0.1) is 16.1 Å². The van der Waals surface area contributed by atoms with E-state index in [1.165, 1.54) is 0 Å². The second-order valence-corrected chi connectivity index (χ2v) is 15.7. The van der Waals surface area contributed by atoms with E-state index in [1.54, 1.807) is 39.5 Å². The van der Waals surface area contributed by atoms with E-state index in [-0.39, 0.29) is 15.7 Å². The average Bonchev–Trinajstić information content (AvgIpc) is 2.81. The molecule has 0 radical (unpaired) electrons. The molecule has 2 rings (SSSR count). The van der Waals surface area contributed by atoms with E-state index in [4.69, 9.17) is 0 Å². The largest absolute Gasteiger partial charge is 0.481 e. The Bertz CT molecular complexity index is 776. The topological polar surface area (TPSA) is 109 Å². The number of carbonyl (C=O) groups is 3. The number of aliphatic carboxylic acids is 2. The van der Waals surface area contributed by atoms with E-state index < -0.39 is 33.6 Å². The van der Waals surface area contributed by atoms with Crippen LogP contribution in [-0.2, 0) is 25.2 Å². The van der Waals surface area contributed by atoms with Crippen LogP contribution in [0.2, 0.25) is 0 Å². The lowest BCUT2D eigenvalue weighted by atomic mass is 9.87. The SMILES string of the molecule is CC(C)(CCCCC1CCC(=O)C(CCC2CCCC(CCCCC(C)(C)C(=O)O)S2=O)S1)C(=O)O. The minimum absolute atomic E-state index is 0.00911. The molecule has 0 aromatic heterocycles. The normalized spacial score (nSPS) is 27.7. The molecule has 0 amide bonds. The highest BCUT2D eigenvalue weighted by molar-refractivity contribution is 8.01. The van der Waals surface area contributed by atoms with Gasteiger partial charge in [0, 0.05) is 33.0 Å². The van der Waals surface area contributed by atoms with E-state index in [9.17, 15) is 28.8 Å². The summed E-state index contributed by atoms with van der Waals surface area (Å²) in [5.74, 6) is -1.17. The van der Waals surface area contributed by atoms with Crippen LogP contribution in [0.1, 0.15) is 124 Å². The van der Waals surface area contributed by atoms with Gasteiger partial charge in [0.15, 0.2) is 0 Å². The van der Waals surface area contributed by atoms with Crippen LogP contribution >= 0.6 is 11.8 Å². The lowest BCUT2D eigenvalue weighted by molar-refractivity contribution is -0.148. The Morgan fingerprint density at radius 3 is 1.92 bits per heavy atom. The summed E-state index contributed by atoms with van der Waals surface area (Å²) in [5, 5.41) is 19.4. The van der Waals surface area contributed by atoms with Crippen LogP contribution in [0.5, 0.6) is 0 Å². The summed E-state index contributed by atoms with van der Waals surface area (Å²) in [6.45, 7) is 7.08. The van der Waals surface area contributed by atoms with Gasteiger partial charge in [-0.15, -0.1) is 11.8 Å². The van der Waals surface area contributed by atoms with Gasteiger partial charge in [-0.05, 0) is 85.5 Å². The van der Waals surface area contributed by atoms with Gasteiger partial charge in [0.25, 0.3) is 0 Å². The zero-order chi connectivity index (χ0) is 26.9. The number of thioether (sulfide) groups is 1. The van der Waals surface area contributed by atoms with Crippen LogP contribution in [0.25, 0.3) is 0 Å². The van der Waals surface area contributed by atoms with Crippen LogP contribution in [0, 0.1) is 10.8 Å². The first-order valence-corrected chi connectivity index (χ1v) is 16.1. The molecule has 2 fully saturated rings. The number of rotatable bonds is 15. The first-order chi connectivity index (χ1) is 16.8. The zero-order valence-electron chi connectivity index (χ0n) is 22.8. The van der Waals surface area contributed by atoms with Gasteiger partial charge in [0.1, 0.15) is 5.78 Å². The molecular weight excluding hydrogens is 496 g/mol. The Labute approximate surface area is 224 Å². The predicted octanol–water partition coefficient (Wildman–Crippen LogP) is 6.61. The third kappa shape index (κ3) is 9.77. The fraction of sp³-hybridized carbons (Fsp3) is 0.893. The molecule has 5 atom stereocenters. The van der Waals surface area contributed by atoms with Crippen LogP contribution < -0.4 is 0 Å². The summed E-state index contributed by atoms with van der Waals surface area (Å²) in [4.78, 5) is 35.2. The van der Waals surface area contributed by atoms with Gasteiger partial charge in [-0.1, -0.05) is 32.1 Å². The Balaban J connectivity index is 1.73. The van der Waals surface area contributed by atoms with E-state index in [0.29, 0.717) is 30.3 Å². The van der Waals surface area contributed by atoms with Crippen molar-refractivity contribution in [1.82, 2.24) is 0 Å². The van der Waals surface area contributed by atoms with E-state index >= 15 is 0 Å². The van der Waals surface area contributed by atoms with Crippen molar-refractivity contribution in [3.8, 4) is 0 Å². The molecule has 36 heavy (non-hydrogen) atoms. The van der Waals surface area contributed by atoms with Crippen molar-refractivity contribution in [1.29, 1.82) is 0 Å². The maximum Gasteiger partial charge on any atom is 0.309 e. The smallest absolute Gasteiger partial charge is 0.309 e. The molecule has 0 saturated carbocycles. The first kappa shape index (κ1) is 31.3. The third-order valence-electron chi connectivity index (χ3n) is 8.20. The van der Waals surface area contributed by atoms with Crippen molar-refractivity contribution in [3.63, 3.8) is 0 Å². The molecule has 2 aliphatic heterocycles. The van der Waals surface area contributed by atoms with Crippen molar-refractivity contribution in [2.45, 2.75) is 145 Å². The number of ketones is 1. The lowest BCUT2D eigenvalue weighted by Gasteiger charge is -2.32. The van der Waals surface area contributed by atoms with Gasteiger partial charge >= 0.3 is 11.9 Å². The summed E-state index contributed by atoms with van der Waals surface area (Å²) >= 11 is 1.80. The molecule has 2 N–H and O–H groups in total. The minimum Gasteiger partial charge on any atom is -0.481 e. The molecule has 2 saturated heterocycles. The second-order valence-electron chi connectivity index (χ2n) is 12.2. The molecule has 0 aromatic carbocycles. The number of hydrogen-bond donors (Lipinski definition) is 2. The van der Waals surface area contributed by atoms with Gasteiger partial charge in [-0.25, -0.2) is 0 Å². The number of hydrogen-bond acceptors (Lipinski definition) is 5. The third-order valence-corrected chi connectivity index (χ3v) is 12.1. The quantitative estimate of drug-likeness (QED) is 0.223. The monoisotopic (exact) mass is 544 g/mol. The van der Waals surface area contributed by atoms with Gasteiger partial charge in [-0.2, -0.15) is 0 Å². The zero-order valence-corrected chi connectivity index (χ0v) is 24.4. The van der Waals surface area contributed by atoms with Crippen molar-refractivity contribution in [2.75, 3.05) is 0 Å². The molecular formula is C28H48O6S2. The van der Waals surface area contributed by atoms with Crippen LogP contribution in [-0.4, -0.2) is 53.1 Å². The molecule has 0 aliphatic carbocycles. The second kappa shape index (κ2) is 14.3. The Hall–Kier alpha value is -0.890. The molecule has 2 aliphatic rings. The van der Waals surface area contributed by atoms with Crippen molar-refractivity contribution < 1.29 is 28.8 Å². The molecule has 0 bridgehead atoms. The number of Topliss-reactive ketones (excluding diaryl/α,β-unsaturated/α-hetero) is 1. The first-order valence-electron chi connectivity index (χ1n) is 13.9. The Morgan fingerprint density at radius 2 is 1.36 bits per heavy atom. The summed E-state index contributed by atoms with van der Waals surface area (Å²) in [5.41, 5.74) is -1.38. The van der Waals surface area contributed by atoms with Crippen molar-refractivity contribution in [3.05, 3.63) is 0 Å². The van der Waals surface area contributed by atoms with Crippen molar-refractivity contribution >= 4 is 40.3 Å². The van der Waals surface area contributed by atoms with Gasteiger partial charge in [0.2, 0.25) is 0 Å². The molecule has 8 heteroatoms. The highest BCUT2D eigenvalue weighted by Crippen LogP contribution is 2.37. The summed E-state index contributed by atoms with van der Waals surface area (Å²) in [6.07, 6.45) is 13.1. The molecule has 208 valence electrons. The van der Waals surface area contributed by atoms with Crippen molar-refractivity contribution in [2.24, 2.45) is 10.8 Å². The average molecular weight is 545 g/mol. The number of unbranched alkanes of at least 4 members (excludes halogenated alkanes) is 2. The lowest BCUT2D eigenvalue weighted by Crippen LogP contribution is -2.33. The molecule has 0 spiro atoms. The summed E-state index contributed by atoms with van der Waals surface area (Å²) < 4.78 is 13.2. The van der Waals surface area contributed by atoms with E-state index in [0.717, 1.165) is 77.0 Å². The molecule has 0 aromatic rings. The molecule has 6 nitrogen and oxygen atoms in total. The maximum absolute atomic E-state index is 13.2. The standard InChI is InChI=1S/C28H48O6S2/c1-27(2,25(30)31)18-7-5-10-20-14-16-23(29)24(35-20)17-15-22-13-9-12-21(36(22)34)11-6-8-19-28(3,4)26(32)33/h20-22,24H,5-19H2,1-4H3,(H,30,31)(H,32,33). The van der Waals surface area contributed by atoms with Gasteiger partial charge in [-0.3, -0.25) is 18.6 Å². The summed E-state index contributed by atoms with van der Waals surface area (Å²) in [6, 6.07) is 0. The van der Waals surface area contributed by atoms with Crippen LogP contribution in [0.15, 0.2) is 0 Å². The highest BCUT2D eigenvalue weighted by Gasteiger charge is 2.34. The Morgan fingerprint density at radius 1 is 0.833 bits per heavy atom. The fourth-order valence-corrected chi connectivity index (χ4v) is 8.98. The summed E-state index contributed by atoms with van der Waals surface area (Å²) in [7, 11) is -0.877. The Kier molecular flexibility index (Phi) is 12.5. The van der Waals surface area contributed by atoms with Crippen LogP contribution in [0.4, 0.5) is 0 Å². The number of carboxylic acid groups (broad SMARTS) is 2. The van der Waals surface area contributed by atoms with E-state index in [2.05, 4.69) is 0 Å². The highest BCUT2D eigenvalue weighted by atomic mass is 32.2. The maximum atomic E-state index is 13.2.